The fraction of sp³-hybridized carbons (Fsp3) is 0.562. The number of benzene rings is 1. The molecule has 0 aliphatic heterocycles. The van der Waals surface area contributed by atoms with Crippen LogP contribution < -0.4 is 0 Å². The van der Waals surface area contributed by atoms with E-state index in [0.29, 0.717) is 12.3 Å². The van der Waals surface area contributed by atoms with Crippen LogP contribution in [0.25, 0.3) is 0 Å². The highest BCUT2D eigenvalue weighted by Gasteiger charge is 2.28. The predicted octanol–water partition coefficient (Wildman–Crippen LogP) is 4.25. The quantitative estimate of drug-likeness (QED) is 0.783. The van der Waals surface area contributed by atoms with Gasteiger partial charge in [-0.3, -0.25) is 4.79 Å². The molecule has 2 heteroatoms. The number of rotatable bonds is 7. The summed E-state index contributed by atoms with van der Waals surface area (Å²) >= 11 is 0. The van der Waals surface area contributed by atoms with E-state index in [4.69, 9.17) is 5.11 Å². The lowest BCUT2D eigenvalue weighted by Gasteiger charge is -2.32. The van der Waals surface area contributed by atoms with Crippen LogP contribution in [0.4, 0.5) is 0 Å². The molecule has 2 unspecified atom stereocenters. The number of hydrogen-bond acceptors (Lipinski definition) is 1. The average Bonchev–Trinajstić information content (AvgIpc) is 2.37. The van der Waals surface area contributed by atoms with E-state index in [9.17, 15) is 4.79 Å². The zero-order valence-electron chi connectivity index (χ0n) is 11.6. The van der Waals surface area contributed by atoms with Gasteiger partial charge in [-0.05, 0) is 29.7 Å². The van der Waals surface area contributed by atoms with Gasteiger partial charge in [0.05, 0.1) is 0 Å². The van der Waals surface area contributed by atoms with Crippen molar-refractivity contribution in [3.05, 3.63) is 35.9 Å². The summed E-state index contributed by atoms with van der Waals surface area (Å²) in [5.74, 6) is -0.0923. The van der Waals surface area contributed by atoms with Gasteiger partial charge in [0.25, 0.3) is 0 Å². The normalized spacial score (nSPS) is 15.9. The number of carboxylic acid groups (broad SMARTS) is 1. The van der Waals surface area contributed by atoms with E-state index in [1.165, 1.54) is 5.56 Å². The molecule has 0 bridgehead atoms. The number of carbonyl (C=O) groups is 1. The van der Waals surface area contributed by atoms with Gasteiger partial charge >= 0.3 is 5.97 Å². The molecular weight excluding hydrogens is 224 g/mol. The summed E-state index contributed by atoms with van der Waals surface area (Å²) in [6.07, 6.45) is 3.12. The molecule has 0 aliphatic carbocycles. The van der Waals surface area contributed by atoms with Crippen molar-refractivity contribution in [2.24, 2.45) is 5.92 Å². The molecule has 0 heterocycles. The third kappa shape index (κ3) is 4.17. The molecule has 1 N–H and O–H groups in total. The lowest BCUT2D eigenvalue weighted by Crippen LogP contribution is -2.26. The number of hydrogen-bond donors (Lipinski definition) is 1. The molecule has 0 fully saturated rings. The van der Waals surface area contributed by atoms with Gasteiger partial charge < -0.3 is 5.11 Å². The fourth-order valence-electron chi connectivity index (χ4n) is 2.50. The fourth-order valence-corrected chi connectivity index (χ4v) is 2.50. The van der Waals surface area contributed by atoms with Gasteiger partial charge in [-0.15, -0.1) is 0 Å². The monoisotopic (exact) mass is 248 g/mol. The van der Waals surface area contributed by atoms with E-state index in [2.05, 4.69) is 32.9 Å². The minimum absolute atomic E-state index is 0.0327. The molecule has 0 aromatic heterocycles. The Morgan fingerprint density at radius 1 is 1.33 bits per heavy atom. The molecule has 0 saturated heterocycles. The van der Waals surface area contributed by atoms with E-state index in [0.717, 1.165) is 12.8 Å². The van der Waals surface area contributed by atoms with Crippen LogP contribution in [0, 0.1) is 5.92 Å². The topological polar surface area (TPSA) is 37.3 Å². The number of aliphatic carboxylic acids is 1. The maximum Gasteiger partial charge on any atom is 0.303 e. The molecule has 0 amide bonds. The first-order valence-electron chi connectivity index (χ1n) is 6.75. The molecule has 2 nitrogen and oxygen atoms in total. The van der Waals surface area contributed by atoms with Crippen LogP contribution in [0.15, 0.2) is 30.3 Å². The summed E-state index contributed by atoms with van der Waals surface area (Å²) in [5, 5.41) is 8.92. The molecule has 2 atom stereocenters. The molecule has 0 saturated carbocycles. The third-order valence-electron chi connectivity index (χ3n) is 3.86. The Morgan fingerprint density at radius 3 is 2.44 bits per heavy atom. The van der Waals surface area contributed by atoms with Gasteiger partial charge in [0.15, 0.2) is 0 Å². The lowest BCUT2D eigenvalue weighted by molar-refractivity contribution is -0.137. The molecule has 1 aromatic carbocycles. The molecule has 1 rings (SSSR count). The summed E-state index contributed by atoms with van der Waals surface area (Å²) < 4.78 is 0. The van der Waals surface area contributed by atoms with E-state index in [-0.39, 0.29) is 11.8 Å². The second kappa shape index (κ2) is 6.58. The molecule has 0 radical (unpaired) electrons. The Bertz CT molecular complexity index is 372. The van der Waals surface area contributed by atoms with Crippen LogP contribution in [0.2, 0.25) is 0 Å². The van der Waals surface area contributed by atoms with Crippen LogP contribution in [0.5, 0.6) is 0 Å². The van der Waals surface area contributed by atoms with Gasteiger partial charge in [-0.1, -0.05) is 57.5 Å². The summed E-state index contributed by atoms with van der Waals surface area (Å²) in [5.41, 5.74) is 1.22. The van der Waals surface area contributed by atoms with Gasteiger partial charge in [-0.2, -0.15) is 0 Å². The summed E-state index contributed by atoms with van der Waals surface area (Å²) in [6, 6.07) is 10.3. The standard InChI is InChI=1S/C16H24O2/c1-4-13(2)12-16(3,11-10-15(17)18)14-8-6-5-7-9-14/h5-9,13H,4,10-12H2,1-3H3,(H,17,18). The SMILES string of the molecule is CCC(C)CC(C)(CCC(=O)O)c1ccccc1. The highest BCUT2D eigenvalue weighted by molar-refractivity contribution is 5.66. The van der Waals surface area contributed by atoms with Crippen molar-refractivity contribution in [3.8, 4) is 0 Å². The van der Waals surface area contributed by atoms with Crippen molar-refractivity contribution in [2.45, 2.75) is 51.9 Å². The maximum absolute atomic E-state index is 10.8. The molecular formula is C16H24O2. The number of carboxylic acids is 1. The predicted molar refractivity (Wildman–Crippen MR) is 74.7 cm³/mol. The van der Waals surface area contributed by atoms with E-state index < -0.39 is 5.97 Å². The smallest absolute Gasteiger partial charge is 0.303 e. The third-order valence-corrected chi connectivity index (χ3v) is 3.86. The molecule has 18 heavy (non-hydrogen) atoms. The zero-order chi connectivity index (χ0) is 13.6. The highest BCUT2D eigenvalue weighted by Crippen LogP contribution is 2.36. The summed E-state index contributed by atoms with van der Waals surface area (Å²) in [4.78, 5) is 10.8. The first kappa shape index (κ1) is 14.7. The molecule has 100 valence electrons. The first-order chi connectivity index (χ1) is 8.48. The molecule has 0 aliphatic rings. The Kier molecular flexibility index (Phi) is 5.39. The van der Waals surface area contributed by atoms with Crippen molar-refractivity contribution < 1.29 is 9.90 Å². The molecule has 0 spiro atoms. The van der Waals surface area contributed by atoms with Crippen LogP contribution in [0.1, 0.15) is 52.0 Å². The maximum atomic E-state index is 10.8. The Labute approximate surface area is 110 Å². The lowest BCUT2D eigenvalue weighted by atomic mass is 9.72. The highest BCUT2D eigenvalue weighted by atomic mass is 16.4. The summed E-state index contributed by atoms with van der Waals surface area (Å²) in [7, 11) is 0. The van der Waals surface area contributed by atoms with Gasteiger partial charge in [0, 0.05) is 6.42 Å². The van der Waals surface area contributed by atoms with Crippen LogP contribution >= 0.6 is 0 Å². The minimum Gasteiger partial charge on any atom is -0.481 e. The van der Waals surface area contributed by atoms with E-state index >= 15 is 0 Å². The van der Waals surface area contributed by atoms with Crippen LogP contribution in [0.3, 0.4) is 0 Å². The van der Waals surface area contributed by atoms with E-state index in [1.807, 2.05) is 18.2 Å². The van der Waals surface area contributed by atoms with Crippen molar-refractivity contribution in [3.63, 3.8) is 0 Å². The zero-order valence-corrected chi connectivity index (χ0v) is 11.6. The van der Waals surface area contributed by atoms with E-state index in [1.54, 1.807) is 0 Å². The Balaban J connectivity index is 2.89. The first-order valence-corrected chi connectivity index (χ1v) is 6.75. The van der Waals surface area contributed by atoms with Crippen LogP contribution in [-0.4, -0.2) is 11.1 Å². The Morgan fingerprint density at radius 2 is 1.94 bits per heavy atom. The van der Waals surface area contributed by atoms with Crippen molar-refractivity contribution in [1.82, 2.24) is 0 Å². The van der Waals surface area contributed by atoms with Gasteiger partial charge in [-0.25, -0.2) is 0 Å². The molecule has 1 aromatic rings. The van der Waals surface area contributed by atoms with Crippen LogP contribution in [-0.2, 0) is 10.2 Å². The second-order valence-electron chi connectivity index (χ2n) is 5.54. The summed E-state index contributed by atoms with van der Waals surface area (Å²) in [6.45, 7) is 6.62. The van der Waals surface area contributed by atoms with Crippen molar-refractivity contribution >= 4 is 5.97 Å². The largest absolute Gasteiger partial charge is 0.481 e. The van der Waals surface area contributed by atoms with Gasteiger partial charge in [0.1, 0.15) is 0 Å². The van der Waals surface area contributed by atoms with Crippen molar-refractivity contribution in [2.75, 3.05) is 0 Å². The van der Waals surface area contributed by atoms with Gasteiger partial charge in [0.2, 0.25) is 0 Å². The second-order valence-corrected chi connectivity index (χ2v) is 5.54. The van der Waals surface area contributed by atoms with Crippen molar-refractivity contribution in [1.29, 1.82) is 0 Å². The minimum atomic E-state index is -0.707. The Hall–Kier alpha value is -1.31. The average molecular weight is 248 g/mol.